The van der Waals surface area contributed by atoms with E-state index in [0.29, 0.717) is 18.0 Å². The zero-order chi connectivity index (χ0) is 13.9. The fourth-order valence-electron chi connectivity index (χ4n) is 3.25. The van der Waals surface area contributed by atoms with Gasteiger partial charge in [-0.15, -0.1) is 0 Å². The number of nitrogens with one attached hydrogen (secondary N) is 1. The molecule has 0 radical (unpaired) electrons. The van der Waals surface area contributed by atoms with Gasteiger partial charge in [-0.1, -0.05) is 18.5 Å². The van der Waals surface area contributed by atoms with Crippen LogP contribution in [-0.2, 0) is 0 Å². The van der Waals surface area contributed by atoms with Crippen LogP contribution in [0.3, 0.4) is 0 Å². The van der Waals surface area contributed by atoms with Crippen molar-refractivity contribution in [3.63, 3.8) is 0 Å². The van der Waals surface area contributed by atoms with Gasteiger partial charge in [-0.25, -0.2) is 0 Å². The van der Waals surface area contributed by atoms with Gasteiger partial charge in [0, 0.05) is 24.1 Å². The van der Waals surface area contributed by atoms with Gasteiger partial charge in [-0.3, -0.25) is 4.90 Å². The number of rotatable bonds is 4. The van der Waals surface area contributed by atoms with E-state index in [-0.39, 0.29) is 0 Å². The number of hydrogen-bond acceptors (Lipinski definition) is 6. The fourth-order valence-corrected chi connectivity index (χ4v) is 4.46. The molecular weight excluding hydrogens is 272 g/mol. The number of likely N-dealkylation sites (N-methyl/N-ethyl adjacent to an activating group) is 1. The van der Waals surface area contributed by atoms with Crippen molar-refractivity contribution in [1.82, 2.24) is 20.4 Å². The summed E-state index contributed by atoms with van der Waals surface area (Å²) in [5.74, 6) is 4.38. The van der Waals surface area contributed by atoms with Crippen molar-refractivity contribution in [1.29, 1.82) is 0 Å². The predicted octanol–water partition coefficient (Wildman–Crippen LogP) is 2.03. The van der Waals surface area contributed by atoms with Crippen molar-refractivity contribution in [2.45, 2.75) is 44.2 Å². The lowest BCUT2D eigenvalue weighted by Gasteiger charge is -2.29. The van der Waals surface area contributed by atoms with Gasteiger partial charge in [0.1, 0.15) is 0 Å². The molecule has 0 aromatic carbocycles. The molecule has 2 aliphatic rings. The van der Waals surface area contributed by atoms with E-state index in [1.165, 1.54) is 18.6 Å². The Bertz CT molecular complexity index is 439. The summed E-state index contributed by atoms with van der Waals surface area (Å²) in [6, 6.07) is 0.817. The first-order valence-corrected chi connectivity index (χ1v) is 8.80. The molecule has 3 atom stereocenters. The largest absolute Gasteiger partial charge is 0.339 e. The lowest BCUT2D eigenvalue weighted by molar-refractivity contribution is 0.255. The Morgan fingerprint density at radius 2 is 2.35 bits per heavy atom. The van der Waals surface area contributed by atoms with Crippen molar-refractivity contribution in [2.24, 2.45) is 0 Å². The average Bonchev–Trinajstić information content (AvgIpc) is 3.08. The third-order valence-corrected chi connectivity index (χ3v) is 5.47. The summed E-state index contributed by atoms with van der Waals surface area (Å²) in [6.45, 7) is 4.26. The summed E-state index contributed by atoms with van der Waals surface area (Å²) in [6.07, 6.45) is 3.63. The molecule has 20 heavy (non-hydrogen) atoms. The van der Waals surface area contributed by atoms with Crippen molar-refractivity contribution >= 4 is 11.8 Å². The molecule has 1 aromatic rings. The highest BCUT2D eigenvalue weighted by Crippen LogP contribution is 2.35. The molecule has 112 valence electrons. The summed E-state index contributed by atoms with van der Waals surface area (Å²) in [5.41, 5.74) is 0. The molecule has 1 saturated carbocycles. The first kappa shape index (κ1) is 14.4. The zero-order valence-corrected chi connectivity index (χ0v) is 13.2. The molecule has 3 rings (SSSR count). The van der Waals surface area contributed by atoms with Gasteiger partial charge in [0.05, 0.1) is 12.0 Å². The van der Waals surface area contributed by atoms with E-state index < -0.39 is 0 Å². The fraction of sp³-hybridized carbons (Fsp3) is 0.857. The van der Waals surface area contributed by atoms with E-state index in [1.807, 2.05) is 11.8 Å². The highest BCUT2D eigenvalue weighted by Gasteiger charge is 2.34. The van der Waals surface area contributed by atoms with Crippen molar-refractivity contribution < 1.29 is 4.52 Å². The molecule has 1 saturated heterocycles. The molecule has 0 bridgehead atoms. The van der Waals surface area contributed by atoms with Gasteiger partial charge < -0.3 is 9.84 Å². The van der Waals surface area contributed by atoms with Crippen LogP contribution >= 0.6 is 11.8 Å². The highest BCUT2D eigenvalue weighted by molar-refractivity contribution is 7.99. The maximum absolute atomic E-state index is 5.59. The molecular formula is C14H24N4OS. The summed E-state index contributed by atoms with van der Waals surface area (Å²) in [7, 11) is 2.15. The van der Waals surface area contributed by atoms with Crippen LogP contribution in [0.15, 0.2) is 4.52 Å². The van der Waals surface area contributed by atoms with Crippen molar-refractivity contribution in [3.05, 3.63) is 11.7 Å². The Kier molecular flexibility index (Phi) is 4.63. The quantitative estimate of drug-likeness (QED) is 0.917. The van der Waals surface area contributed by atoms with Gasteiger partial charge in [0.25, 0.3) is 0 Å². The van der Waals surface area contributed by atoms with Crippen LogP contribution in [0.2, 0.25) is 0 Å². The lowest BCUT2D eigenvalue weighted by atomic mass is 10.0. The highest BCUT2D eigenvalue weighted by atomic mass is 32.2. The predicted molar refractivity (Wildman–Crippen MR) is 81.1 cm³/mol. The maximum Gasteiger partial charge on any atom is 0.231 e. The van der Waals surface area contributed by atoms with E-state index in [0.717, 1.165) is 37.0 Å². The van der Waals surface area contributed by atoms with Crippen LogP contribution < -0.4 is 5.32 Å². The van der Waals surface area contributed by atoms with E-state index in [9.17, 15) is 0 Å². The van der Waals surface area contributed by atoms with Crippen LogP contribution in [0.4, 0.5) is 0 Å². The number of hydrogen-bond donors (Lipinski definition) is 1. The van der Waals surface area contributed by atoms with E-state index in [4.69, 9.17) is 9.51 Å². The lowest BCUT2D eigenvalue weighted by Crippen LogP contribution is -2.33. The number of thioether (sulfide) groups is 1. The molecule has 0 amide bonds. The SMILES string of the molecule is CCNC1CCCC1c1nc(C2CSCCN2C)no1. The van der Waals surface area contributed by atoms with Crippen LogP contribution in [-0.4, -0.2) is 52.7 Å². The second-order valence-corrected chi connectivity index (χ2v) is 6.91. The van der Waals surface area contributed by atoms with Gasteiger partial charge in [0.2, 0.25) is 5.89 Å². The topological polar surface area (TPSA) is 54.2 Å². The summed E-state index contributed by atoms with van der Waals surface area (Å²) in [5, 5.41) is 7.81. The Morgan fingerprint density at radius 3 is 3.15 bits per heavy atom. The Hall–Kier alpha value is -0.590. The first-order chi connectivity index (χ1) is 9.79. The smallest absolute Gasteiger partial charge is 0.231 e. The summed E-state index contributed by atoms with van der Waals surface area (Å²) in [4.78, 5) is 7.06. The minimum Gasteiger partial charge on any atom is -0.339 e. The summed E-state index contributed by atoms with van der Waals surface area (Å²) >= 11 is 1.98. The Labute approximate surface area is 124 Å². The normalized spacial score (nSPS) is 31.8. The minimum atomic E-state index is 0.310. The number of nitrogens with zero attached hydrogens (tertiary/aromatic N) is 3. The standard InChI is InChI=1S/C14H24N4OS/c1-3-15-11-6-4-5-10(11)14-16-13(17-19-14)12-9-20-8-7-18(12)2/h10-12,15H,3-9H2,1-2H3. The van der Waals surface area contributed by atoms with E-state index in [2.05, 4.69) is 29.3 Å². The molecule has 2 fully saturated rings. The number of aromatic nitrogens is 2. The van der Waals surface area contributed by atoms with Crippen LogP contribution in [0.25, 0.3) is 0 Å². The first-order valence-electron chi connectivity index (χ1n) is 7.64. The molecule has 0 spiro atoms. The maximum atomic E-state index is 5.59. The monoisotopic (exact) mass is 296 g/mol. The summed E-state index contributed by atoms with van der Waals surface area (Å²) < 4.78 is 5.59. The molecule has 1 aliphatic carbocycles. The second-order valence-electron chi connectivity index (χ2n) is 5.76. The third kappa shape index (κ3) is 2.87. The molecule has 1 aromatic heterocycles. The van der Waals surface area contributed by atoms with E-state index in [1.54, 1.807) is 0 Å². The Balaban J connectivity index is 1.72. The van der Waals surface area contributed by atoms with Crippen LogP contribution in [0, 0.1) is 0 Å². The average molecular weight is 296 g/mol. The van der Waals surface area contributed by atoms with Gasteiger partial charge in [0.15, 0.2) is 5.82 Å². The molecule has 2 heterocycles. The molecule has 6 heteroatoms. The van der Waals surface area contributed by atoms with Crippen LogP contribution in [0.5, 0.6) is 0 Å². The molecule has 1 aliphatic heterocycles. The minimum absolute atomic E-state index is 0.310. The van der Waals surface area contributed by atoms with Crippen LogP contribution in [0.1, 0.15) is 49.9 Å². The van der Waals surface area contributed by atoms with Gasteiger partial charge in [-0.2, -0.15) is 16.7 Å². The van der Waals surface area contributed by atoms with Crippen molar-refractivity contribution in [3.8, 4) is 0 Å². The van der Waals surface area contributed by atoms with Gasteiger partial charge in [-0.05, 0) is 26.4 Å². The molecule has 3 unspecified atom stereocenters. The zero-order valence-electron chi connectivity index (χ0n) is 12.3. The third-order valence-electron chi connectivity index (χ3n) is 4.45. The van der Waals surface area contributed by atoms with E-state index >= 15 is 0 Å². The van der Waals surface area contributed by atoms with Crippen molar-refractivity contribution in [2.75, 3.05) is 31.6 Å². The second kappa shape index (κ2) is 6.45. The van der Waals surface area contributed by atoms with Gasteiger partial charge >= 0.3 is 0 Å². The Morgan fingerprint density at radius 1 is 1.45 bits per heavy atom. The molecule has 5 nitrogen and oxygen atoms in total. The molecule has 1 N–H and O–H groups in total.